The van der Waals surface area contributed by atoms with Crippen LogP contribution in [0, 0.1) is 0 Å². The van der Waals surface area contributed by atoms with E-state index >= 15 is 0 Å². The molecule has 0 saturated heterocycles. The summed E-state index contributed by atoms with van der Waals surface area (Å²) < 4.78 is 5.44. The van der Waals surface area contributed by atoms with Crippen molar-refractivity contribution in [2.45, 2.75) is 6.42 Å². The van der Waals surface area contributed by atoms with E-state index in [4.69, 9.17) is 4.74 Å². The summed E-state index contributed by atoms with van der Waals surface area (Å²) in [4.78, 5) is 0. The molecule has 1 aliphatic rings. The summed E-state index contributed by atoms with van der Waals surface area (Å²) in [6.07, 6.45) is 2.77. The van der Waals surface area contributed by atoms with E-state index in [1.807, 2.05) is 18.2 Å². The van der Waals surface area contributed by atoms with Crippen LogP contribution in [0.15, 0.2) is 55.1 Å². The van der Waals surface area contributed by atoms with Gasteiger partial charge in [0.1, 0.15) is 0 Å². The second-order valence-corrected chi connectivity index (χ2v) is 3.88. The summed E-state index contributed by atoms with van der Waals surface area (Å²) in [6.45, 7) is 3.80. The van der Waals surface area contributed by atoms with Gasteiger partial charge in [-0.15, -0.1) is 6.58 Å². The fraction of sp³-hybridized carbons (Fsp3) is 0.0667. The fourth-order valence-electron chi connectivity index (χ4n) is 2.02. The van der Waals surface area contributed by atoms with Crippen LogP contribution in [-0.4, -0.2) is 0 Å². The van der Waals surface area contributed by atoms with Crippen LogP contribution in [0.1, 0.15) is 5.56 Å². The summed E-state index contributed by atoms with van der Waals surface area (Å²) in [6, 6.07) is 14.5. The van der Waals surface area contributed by atoms with Crippen molar-refractivity contribution in [3.63, 3.8) is 0 Å². The van der Waals surface area contributed by atoms with Crippen molar-refractivity contribution in [2.75, 3.05) is 0 Å². The number of rotatable bonds is 3. The first kappa shape index (κ1) is 9.22. The average molecular weight is 208 g/mol. The molecule has 0 aromatic heterocycles. The van der Waals surface area contributed by atoms with E-state index in [1.165, 1.54) is 16.7 Å². The number of allylic oxidation sites excluding steroid dienone is 1. The third kappa shape index (κ3) is 1.41. The monoisotopic (exact) mass is 208 g/mol. The zero-order valence-electron chi connectivity index (χ0n) is 8.94. The number of benzene rings is 2. The van der Waals surface area contributed by atoms with Gasteiger partial charge >= 0.3 is 0 Å². The Morgan fingerprint density at radius 3 is 2.62 bits per heavy atom. The van der Waals surface area contributed by atoms with Gasteiger partial charge in [-0.05, 0) is 23.6 Å². The van der Waals surface area contributed by atoms with Crippen LogP contribution in [0.25, 0.3) is 11.1 Å². The second kappa shape index (κ2) is 3.53. The minimum Gasteiger partial charge on any atom is -0.449 e. The molecule has 0 amide bonds. The molecule has 1 heterocycles. The lowest BCUT2D eigenvalue weighted by Crippen LogP contribution is -1.84. The van der Waals surface area contributed by atoms with Crippen molar-refractivity contribution in [1.29, 1.82) is 0 Å². The average Bonchev–Trinajstić information content (AvgIpc) is 3.10. The molecule has 0 aliphatic carbocycles. The molecule has 1 nitrogen and oxygen atoms in total. The van der Waals surface area contributed by atoms with Gasteiger partial charge in [0.15, 0.2) is 11.5 Å². The van der Waals surface area contributed by atoms with Crippen molar-refractivity contribution in [3.8, 4) is 22.6 Å². The molecule has 0 radical (unpaired) electrons. The Balaban J connectivity index is 2.15. The number of hydrogen-bond donors (Lipinski definition) is 0. The van der Waals surface area contributed by atoms with Gasteiger partial charge < -0.3 is 4.74 Å². The molecule has 2 aromatic rings. The largest absolute Gasteiger partial charge is 0.449 e. The minimum absolute atomic E-state index is 0.855. The topological polar surface area (TPSA) is 12.5 Å². The Labute approximate surface area is 95.0 Å². The molecule has 0 spiro atoms. The third-order valence-electron chi connectivity index (χ3n) is 2.83. The zero-order chi connectivity index (χ0) is 11.0. The summed E-state index contributed by atoms with van der Waals surface area (Å²) in [5.41, 5.74) is 3.73. The Bertz CT molecular complexity index is 541. The van der Waals surface area contributed by atoms with E-state index in [2.05, 4.69) is 36.9 Å². The fourth-order valence-corrected chi connectivity index (χ4v) is 2.02. The molecular weight excluding hydrogens is 196 g/mol. The predicted molar refractivity (Wildman–Crippen MR) is 65.9 cm³/mol. The highest BCUT2D eigenvalue weighted by Crippen LogP contribution is 2.51. The zero-order valence-corrected chi connectivity index (χ0v) is 8.94. The van der Waals surface area contributed by atoms with E-state index in [0.717, 1.165) is 17.9 Å². The molecule has 1 aliphatic heterocycles. The highest BCUT2D eigenvalue weighted by atomic mass is 16.6. The Morgan fingerprint density at radius 2 is 1.88 bits per heavy atom. The van der Waals surface area contributed by atoms with Gasteiger partial charge in [-0.2, -0.15) is 0 Å². The highest BCUT2D eigenvalue weighted by molar-refractivity contribution is 5.76. The lowest BCUT2D eigenvalue weighted by Gasteiger charge is -2.05. The van der Waals surface area contributed by atoms with E-state index in [-0.39, 0.29) is 0 Å². The first-order valence-corrected chi connectivity index (χ1v) is 5.40. The standard InChI is InChI=1S/C15H12O/c1-2-6-13-12(9-10-14-15(13)16-14)11-7-4-3-5-8-11/h2-5,7-10H,1,6H2. The van der Waals surface area contributed by atoms with Crippen LogP contribution in [0.2, 0.25) is 0 Å². The molecule has 1 heteroatoms. The van der Waals surface area contributed by atoms with Crippen molar-refractivity contribution in [3.05, 3.63) is 60.7 Å². The smallest absolute Gasteiger partial charge is 0.174 e. The molecule has 0 bridgehead atoms. The SMILES string of the molecule is C=CCc1c(-c2ccccc2)ccc2c1O2. The van der Waals surface area contributed by atoms with Crippen LogP contribution < -0.4 is 4.74 Å². The summed E-state index contributed by atoms with van der Waals surface area (Å²) in [5, 5.41) is 0. The van der Waals surface area contributed by atoms with Gasteiger partial charge in [0.25, 0.3) is 0 Å². The van der Waals surface area contributed by atoms with Crippen LogP contribution in [0.3, 0.4) is 0 Å². The van der Waals surface area contributed by atoms with Crippen molar-refractivity contribution >= 4 is 0 Å². The summed E-state index contributed by atoms with van der Waals surface area (Å²) in [7, 11) is 0. The Kier molecular flexibility index (Phi) is 2.03. The van der Waals surface area contributed by atoms with Crippen molar-refractivity contribution < 1.29 is 4.74 Å². The molecule has 0 N–H and O–H groups in total. The van der Waals surface area contributed by atoms with Gasteiger partial charge in [0.2, 0.25) is 0 Å². The molecule has 0 fully saturated rings. The minimum atomic E-state index is 0.855. The third-order valence-corrected chi connectivity index (χ3v) is 2.83. The second-order valence-electron chi connectivity index (χ2n) is 3.88. The molecule has 16 heavy (non-hydrogen) atoms. The molecule has 3 rings (SSSR count). The maximum atomic E-state index is 5.44. The van der Waals surface area contributed by atoms with E-state index in [0.29, 0.717) is 0 Å². The molecule has 78 valence electrons. The molecular formula is C15H12O. The van der Waals surface area contributed by atoms with Gasteiger partial charge in [0, 0.05) is 5.56 Å². The lowest BCUT2D eigenvalue weighted by atomic mass is 9.98. The van der Waals surface area contributed by atoms with Crippen LogP contribution in [0.4, 0.5) is 0 Å². The first-order chi connectivity index (χ1) is 7.90. The Morgan fingerprint density at radius 1 is 1.06 bits per heavy atom. The molecule has 0 saturated carbocycles. The number of fused-ring (bicyclic) bond motifs is 1. The van der Waals surface area contributed by atoms with Crippen LogP contribution in [-0.2, 0) is 6.42 Å². The highest BCUT2D eigenvalue weighted by Gasteiger charge is 2.26. The predicted octanol–water partition coefficient (Wildman–Crippen LogP) is 4.19. The van der Waals surface area contributed by atoms with Crippen LogP contribution in [0.5, 0.6) is 11.5 Å². The number of hydrogen-bond acceptors (Lipinski definition) is 1. The van der Waals surface area contributed by atoms with Gasteiger partial charge in [0.05, 0.1) is 0 Å². The van der Waals surface area contributed by atoms with Crippen LogP contribution >= 0.6 is 0 Å². The lowest BCUT2D eigenvalue weighted by molar-refractivity contribution is 0.645. The van der Waals surface area contributed by atoms with Crippen molar-refractivity contribution in [1.82, 2.24) is 0 Å². The summed E-state index contributed by atoms with van der Waals surface area (Å²) in [5.74, 6) is 2.05. The Hall–Kier alpha value is -2.02. The van der Waals surface area contributed by atoms with Gasteiger partial charge in [-0.25, -0.2) is 0 Å². The van der Waals surface area contributed by atoms with Gasteiger partial charge in [-0.3, -0.25) is 0 Å². The normalized spacial score (nSPS) is 11.5. The quantitative estimate of drug-likeness (QED) is 0.464. The maximum Gasteiger partial charge on any atom is 0.174 e. The van der Waals surface area contributed by atoms with Crippen molar-refractivity contribution in [2.24, 2.45) is 0 Å². The van der Waals surface area contributed by atoms with E-state index < -0.39 is 0 Å². The summed E-state index contributed by atoms with van der Waals surface area (Å²) >= 11 is 0. The molecule has 2 aromatic carbocycles. The van der Waals surface area contributed by atoms with E-state index in [1.54, 1.807) is 0 Å². The van der Waals surface area contributed by atoms with Gasteiger partial charge in [-0.1, -0.05) is 42.5 Å². The molecule has 0 unspecified atom stereocenters. The van der Waals surface area contributed by atoms with E-state index in [9.17, 15) is 0 Å². The molecule has 0 atom stereocenters. The maximum absolute atomic E-state index is 5.44. The number of ether oxygens (including phenoxy) is 1. The first-order valence-electron chi connectivity index (χ1n) is 5.40.